The predicted molar refractivity (Wildman–Crippen MR) is 127 cm³/mol. The predicted octanol–water partition coefficient (Wildman–Crippen LogP) is 6.26. The zero-order valence-corrected chi connectivity index (χ0v) is 17.9. The number of rotatable bonds is 7. The van der Waals surface area contributed by atoms with E-state index >= 15 is 0 Å². The molecule has 0 aliphatic heterocycles. The second-order valence-electron chi connectivity index (χ2n) is 7.11. The van der Waals surface area contributed by atoms with Crippen LogP contribution in [0.5, 0.6) is 5.75 Å². The smallest absolute Gasteiger partial charge is 0.262 e. The van der Waals surface area contributed by atoms with Crippen molar-refractivity contribution in [2.75, 3.05) is 11.9 Å². The van der Waals surface area contributed by atoms with Crippen LogP contribution in [0.15, 0.2) is 103 Å². The molecular formula is C27H20ClNO3. The first kappa shape index (κ1) is 21.3. The lowest BCUT2D eigenvalue weighted by atomic mass is 10.0. The normalized spacial score (nSPS) is 10.4. The molecule has 0 bridgehead atoms. The third-order valence-corrected chi connectivity index (χ3v) is 5.13. The first-order chi connectivity index (χ1) is 15.6. The van der Waals surface area contributed by atoms with E-state index in [0.29, 0.717) is 21.9 Å². The fraction of sp³-hybridized carbons (Fsp3) is 0.0370. The van der Waals surface area contributed by atoms with E-state index in [4.69, 9.17) is 16.3 Å². The van der Waals surface area contributed by atoms with Gasteiger partial charge in [0.15, 0.2) is 12.4 Å². The minimum Gasteiger partial charge on any atom is -0.484 e. The number of carbonyl (C=O) groups is 2. The van der Waals surface area contributed by atoms with Crippen molar-refractivity contribution in [2.24, 2.45) is 0 Å². The topological polar surface area (TPSA) is 55.4 Å². The molecule has 0 aliphatic rings. The van der Waals surface area contributed by atoms with Crippen LogP contribution in [0.25, 0.3) is 11.1 Å². The van der Waals surface area contributed by atoms with Gasteiger partial charge in [0.05, 0.1) is 0 Å². The molecule has 32 heavy (non-hydrogen) atoms. The van der Waals surface area contributed by atoms with Gasteiger partial charge in [-0.3, -0.25) is 9.59 Å². The van der Waals surface area contributed by atoms with E-state index in [9.17, 15) is 9.59 Å². The average molecular weight is 442 g/mol. The van der Waals surface area contributed by atoms with Gasteiger partial charge in [-0.1, -0.05) is 60.1 Å². The zero-order valence-electron chi connectivity index (χ0n) is 17.1. The Morgan fingerprint density at radius 2 is 1.31 bits per heavy atom. The second kappa shape index (κ2) is 9.94. The lowest BCUT2D eigenvalue weighted by molar-refractivity contribution is -0.118. The van der Waals surface area contributed by atoms with Crippen LogP contribution < -0.4 is 10.1 Å². The first-order valence-electron chi connectivity index (χ1n) is 10.1. The standard InChI is InChI=1S/C27H20ClNO3/c28-22-14-10-20(11-15-22)27(31)21-12-16-23(17-13-21)32-18-26(30)29-25-9-5-4-8-24(25)19-6-2-1-3-7-19/h1-17H,18H2,(H,29,30). The molecule has 0 fully saturated rings. The van der Waals surface area contributed by atoms with E-state index in [1.54, 1.807) is 48.5 Å². The van der Waals surface area contributed by atoms with Crippen LogP contribution in [0.4, 0.5) is 5.69 Å². The Morgan fingerprint density at radius 1 is 0.719 bits per heavy atom. The number of anilines is 1. The Kier molecular flexibility index (Phi) is 6.63. The van der Waals surface area contributed by atoms with E-state index in [1.807, 2.05) is 54.6 Å². The molecule has 4 nitrogen and oxygen atoms in total. The Labute approximate surface area is 191 Å². The summed E-state index contributed by atoms with van der Waals surface area (Å²) in [7, 11) is 0. The largest absolute Gasteiger partial charge is 0.484 e. The van der Waals surface area contributed by atoms with Gasteiger partial charge >= 0.3 is 0 Å². The SMILES string of the molecule is O=C(COc1ccc(C(=O)c2ccc(Cl)cc2)cc1)Nc1ccccc1-c1ccccc1. The van der Waals surface area contributed by atoms with Crippen LogP contribution in [0, 0.1) is 0 Å². The molecule has 0 aromatic heterocycles. The maximum absolute atomic E-state index is 12.5. The minimum atomic E-state index is -0.269. The van der Waals surface area contributed by atoms with Crippen LogP contribution >= 0.6 is 11.6 Å². The summed E-state index contributed by atoms with van der Waals surface area (Å²) in [5.41, 5.74) is 3.76. The lowest BCUT2D eigenvalue weighted by Gasteiger charge is -2.12. The molecule has 1 N–H and O–H groups in total. The van der Waals surface area contributed by atoms with Crippen molar-refractivity contribution in [1.29, 1.82) is 0 Å². The molecule has 0 spiro atoms. The molecule has 0 aliphatic carbocycles. The Hall–Kier alpha value is -3.89. The quantitative estimate of drug-likeness (QED) is 0.344. The molecule has 5 heteroatoms. The van der Waals surface area contributed by atoms with Gasteiger partial charge in [-0.05, 0) is 60.2 Å². The molecule has 0 atom stereocenters. The van der Waals surface area contributed by atoms with E-state index in [2.05, 4.69) is 5.32 Å². The highest BCUT2D eigenvalue weighted by Gasteiger charge is 2.11. The van der Waals surface area contributed by atoms with Gasteiger partial charge in [0.25, 0.3) is 5.91 Å². The van der Waals surface area contributed by atoms with Crippen molar-refractivity contribution in [1.82, 2.24) is 0 Å². The summed E-state index contributed by atoms with van der Waals surface area (Å²) in [5.74, 6) is 0.127. The number of amides is 1. The van der Waals surface area contributed by atoms with Crippen molar-refractivity contribution >= 4 is 29.0 Å². The van der Waals surface area contributed by atoms with Gasteiger partial charge in [0, 0.05) is 27.4 Å². The third kappa shape index (κ3) is 5.23. The highest BCUT2D eigenvalue weighted by atomic mass is 35.5. The van der Waals surface area contributed by atoms with Crippen molar-refractivity contribution < 1.29 is 14.3 Å². The molecule has 0 saturated heterocycles. The second-order valence-corrected chi connectivity index (χ2v) is 7.55. The number of nitrogens with one attached hydrogen (secondary N) is 1. The number of ketones is 1. The molecule has 4 aromatic carbocycles. The Balaban J connectivity index is 1.37. The van der Waals surface area contributed by atoms with Gasteiger partial charge in [0.1, 0.15) is 5.75 Å². The number of hydrogen-bond donors (Lipinski definition) is 1. The summed E-state index contributed by atoms with van der Waals surface area (Å²) >= 11 is 5.87. The van der Waals surface area contributed by atoms with Crippen molar-refractivity contribution in [2.45, 2.75) is 0 Å². The summed E-state index contributed by atoms with van der Waals surface area (Å²) in [4.78, 5) is 25.0. The van der Waals surface area contributed by atoms with Crippen molar-refractivity contribution in [3.05, 3.63) is 119 Å². The van der Waals surface area contributed by atoms with Gasteiger partial charge in [-0.2, -0.15) is 0 Å². The molecule has 4 rings (SSSR count). The molecule has 0 radical (unpaired) electrons. The number of carbonyl (C=O) groups excluding carboxylic acids is 2. The number of hydrogen-bond acceptors (Lipinski definition) is 3. The van der Waals surface area contributed by atoms with Crippen LogP contribution in [0.2, 0.25) is 5.02 Å². The van der Waals surface area contributed by atoms with Gasteiger partial charge in [0.2, 0.25) is 0 Å². The molecule has 0 heterocycles. The molecule has 4 aromatic rings. The lowest BCUT2D eigenvalue weighted by Crippen LogP contribution is -2.20. The maximum atomic E-state index is 12.5. The van der Waals surface area contributed by atoms with E-state index < -0.39 is 0 Å². The molecule has 158 valence electrons. The molecule has 0 saturated carbocycles. The Morgan fingerprint density at radius 3 is 2.00 bits per heavy atom. The van der Waals surface area contributed by atoms with E-state index in [-0.39, 0.29) is 18.3 Å². The highest BCUT2D eigenvalue weighted by molar-refractivity contribution is 6.30. The summed E-state index contributed by atoms with van der Waals surface area (Å²) in [6, 6.07) is 30.9. The molecule has 1 amide bonds. The summed E-state index contributed by atoms with van der Waals surface area (Å²) in [6.45, 7) is -0.145. The Bertz CT molecular complexity index is 1220. The summed E-state index contributed by atoms with van der Waals surface area (Å²) < 4.78 is 5.60. The van der Waals surface area contributed by atoms with E-state index in [1.165, 1.54) is 0 Å². The summed E-state index contributed by atoms with van der Waals surface area (Å²) in [5, 5.41) is 3.48. The monoisotopic (exact) mass is 441 g/mol. The number of ether oxygens (including phenoxy) is 1. The summed E-state index contributed by atoms with van der Waals surface area (Å²) in [6.07, 6.45) is 0. The third-order valence-electron chi connectivity index (χ3n) is 4.88. The fourth-order valence-corrected chi connectivity index (χ4v) is 3.39. The highest BCUT2D eigenvalue weighted by Crippen LogP contribution is 2.27. The van der Waals surface area contributed by atoms with Crippen LogP contribution in [-0.2, 0) is 4.79 Å². The number of halogens is 1. The van der Waals surface area contributed by atoms with Crippen LogP contribution in [0.1, 0.15) is 15.9 Å². The number of benzene rings is 4. The molecular weight excluding hydrogens is 422 g/mol. The fourth-order valence-electron chi connectivity index (χ4n) is 3.27. The van der Waals surface area contributed by atoms with Crippen LogP contribution in [-0.4, -0.2) is 18.3 Å². The average Bonchev–Trinajstić information content (AvgIpc) is 2.84. The van der Waals surface area contributed by atoms with Crippen LogP contribution in [0.3, 0.4) is 0 Å². The zero-order chi connectivity index (χ0) is 22.3. The van der Waals surface area contributed by atoms with Gasteiger partial charge in [-0.25, -0.2) is 0 Å². The minimum absolute atomic E-state index is 0.108. The van der Waals surface area contributed by atoms with Gasteiger partial charge < -0.3 is 10.1 Å². The van der Waals surface area contributed by atoms with Crippen molar-refractivity contribution in [3.63, 3.8) is 0 Å². The number of para-hydroxylation sites is 1. The molecule has 0 unspecified atom stereocenters. The van der Waals surface area contributed by atoms with Gasteiger partial charge in [-0.15, -0.1) is 0 Å². The van der Waals surface area contributed by atoms with E-state index in [0.717, 1.165) is 16.8 Å². The maximum Gasteiger partial charge on any atom is 0.262 e. The van der Waals surface area contributed by atoms with Crippen molar-refractivity contribution in [3.8, 4) is 16.9 Å². The first-order valence-corrected chi connectivity index (χ1v) is 10.5.